The summed E-state index contributed by atoms with van der Waals surface area (Å²) < 4.78 is 5.63. The summed E-state index contributed by atoms with van der Waals surface area (Å²) in [5.74, 6) is 1.86. The van der Waals surface area contributed by atoms with Crippen molar-refractivity contribution >= 4 is 11.6 Å². The minimum absolute atomic E-state index is 0.375. The molecular weight excluding hydrogens is 460 g/mol. The van der Waals surface area contributed by atoms with Crippen LogP contribution in [0.4, 0.5) is 5.69 Å². The molecule has 6 nitrogen and oxygen atoms in total. The van der Waals surface area contributed by atoms with Crippen LogP contribution in [0.5, 0.6) is 5.75 Å². The number of para-hydroxylation sites is 2. The fraction of sp³-hybridized carbons (Fsp3) is 0.581. The van der Waals surface area contributed by atoms with Crippen LogP contribution < -0.4 is 9.64 Å². The van der Waals surface area contributed by atoms with E-state index in [1.807, 2.05) is 6.07 Å². The van der Waals surface area contributed by atoms with Crippen LogP contribution in [0.25, 0.3) is 0 Å². The normalized spacial score (nSPS) is 23.7. The zero-order chi connectivity index (χ0) is 25.5. The Morgan fingerprint density at radius 1 is 0.865 bits per heavy atom. The van der Waals surface area contributed by atoms with Crippen molar-refractivity contribution in [2.45, 2.75) is 51.1 Å². The lowest BCUT2D eigenvalue weighted by molar-refractivity contribution is -0.132. The molecule has 3 fully saturated rings. The molecule has 0 aliphatic carbocycles. The molecule has 5 rings (SSSR count). The molecule has 3 aliphatic rings. The van der Waals surface area contributed by atoms with Crippen LogP contribution >= 0.6 is 0 Å². The van der Waals surface area contributed by atoms with Gasteiger partial charge in [0.2, 0.25) is 5.91 Å². The average molecular weight is 505 g/mol. The molecule has 2 atom stereocenters. The third kappa shape index (κ3) is 6.66. The number of piperidine rings is 2. The topological polar surface area (TPSA) is 39.3 Å². The van der Waals surface area contributed by atoms with Gasteiger partial charge in [-0.15, -0.1) is 0 Å². The first-order valence-electron chi connectivity index (χ1n) is 14.4. The molecule has 0 bridgehead atoms. The van der Waals surface area contributed by atoms with Gasteiger partial charge in [0.15, 0.2) is 0 Å². The summed E-state index contributed by atoms with van der Waals surface area (Å²) in [6.07, 6.45) is 6.48. The lowest BCUT2D eigenvalue weighted by Crippen LogP contribution is -2.56. The maximum absolute atomic E-state index is 13.0. The minimum atomic E-state index is 0.375. The summed E-state index contributed by atoms with van der Waals surface area (Å²) in [6.45, 7) is 9.30. The Labute approximate surface area is 223 Å². The summed E-state index contributed by atoms with van der Waals surface area (Å²) in [5.41, 5.74) is 2.58. The van der Waals surface area contributed by atoms with E-state index in [1.165, 1.54) is 36.9 Å². The Hall–Kier alpha value is -2.57. The molecule has 0 unspecified atom stereocenters. The second kappa shape index (κ2) is 12.8. The second-order valence-corrected chi connectivity index (χ2v) is 11.0. The van der Waals surface area contributed by atoms with Crippen molar-refractivity contribution in [3.63, 3.8) is 0 Å². The third-order valence-corrected chi connectivity index (χ3v) is 8.67. The first-order valence-corrected chi connectivity index (χ1v) is 14.4. The summed E-state index contributed by atoms with van der Waals surface area (Å²) in [6, 6.07) is 19.8. The molecular formula is C31H44N4O2. The highest BCUT2D eigenvalue weighted by atomic mass is 16.5. The Morgan fingerprint density at radius 3 is 2.35 bits per heavy atom. The summed E-state index contributed by atoms with van der Waals surface area (Å²) in [4.78, 5) is 23.0. The monoisotopic (exact) mass is 504 g/mol. The summed E-state index contributed by atoms with van der Waals surface area (Å²) in [5, 5.41) is 0. The van der Waals surface area contributed by atoms with Crippen LogP contribution in [0, 0.1) is 5.92 Å². The number of methoxy groups -OCH3 is 1. The predicted molar refractivity (Wildman–Crippen MR) is 150 cm³/mol. The highest BCUT2D eigenvalue weighted by molar-refractivity contribution is 5.76. The number of benzene rings is 2. The zero-order valence-electron chi connectivity index (χ0n) is 22.6. The van der Waals surface area contributed by atoms with E-state index in [2.05, 4.69) is 68.1 Å². The number of anilines is 1. The average Bonchev–Trinajstić information content (AvgIpc) is 2.97. The van der Waals surface area contributed by atoms with E-state index in [4.69, 9.17) is 4.74 Å². The Bertz CT molecular complexity index is 986. The summed E-state index contributed by atoms with van der Waals surface area (Å²) in [7, 11) is 1.76. The first-order chi connectivity index (χ1) is 18.2. The molecule has 37 heavy (non-hydrogen) atoms. The SMILES string of the molecule is COc1ccccc1N1CCN([C@@H]2CCN(Cc3ccccc3)C[C@@H]2CCC(=O)N2CCCCC2)CC1. The van der Waals surface area contributed by atoms with Crippen LogP contribution in [0.3, 0.4) is 0 Å². The van der Waals surface area contributed by atoms with Gasteiger partial charge in [-0.25, -0.2) is 0 Å². The molecule has 0 spiro atoms. The smallest absolute Gasteiger partial charge is 0.222 e. The minimum Gasteiger partial charge on any atom is -0.495 e. The molecule has 0 radical (unpaired) electrons. The van der Waals surface area contributed by atoms with Crippen LogP contribution in [-0.2, 0) is 11.3 Å². The lowest BCUT2D eigenvalue weighted by Gasteiger charge is -2.47. The fourth-order valence-electron chi connectivity index (χ4n) is 6.64. The van der Waals surface area contributed by atoms with E-state index in [-0.39, 0.29) is 0 Å². The van der Waals surface area contributed by atoms with E-state index < -0.39 is 0 Å². The van der Waals surface area contributed by atoms with Gasteiger partial charge in [0.25, 0.3) is 0 Å². The van der Waals surface area contributed by atoms with Crippen molar-refractivity contribution in [2.24, 2.45) is 5.92 Å². The number of nitrogens with zero attached hydrogens (tertiary/aromatic N) is 4. The molecule has 3 aliphatic heterocycles. The summed E-state index contributed by atoms with van der Waals surface area (Å²) >= 11 is 0. The number of amides is 1. The standard InChI is InChI=1S/C31H44N4O2/c1-37-30-13-7-6-12-29(30)34-22-20-33(21-23-34)28-16-19-32(24-26-10-4-2-5-11-26)25-27(28)14-15-31(36)35-17-8-3-9-18-35/h2,4-7,10-13,27-28H,3,8-9,14-25H2,1H3/t27-,28+/m0/s1. The Kier molecular flexibility index (Phi) is 9.01. The third-order valence-electron chi connectivity index (χ3n) is 8.67. The quantitative estimate of drug-likeness (QED) is 0.529. The van der Waals surface area contributed by atoms with E-state index in [0.717, 1.165) is 71.1 Å². The van der Waals surface area contributed by atoms with Crippen molar-refractivity contribution in [3.8, 4) is 5.75 Å². The molecule has 2 aromatic carbocycles. The van der Waals surface area contributed by atoms with E-state index in [1.54, 1.807) is 7.11 Å². The van der Waals surface area contributed by atoms with Crippen LogP contribution in [0.2, 0.25) is 0 Å². The molecule has 2 aromatic rings. The fourth-order valence-corrected chi connectivity index (χ4v) is 6.64. The van der Waals surface area contributed by atoms with Gasteiger partial charge in [-0.05, 0) is 62.3 Å². The van der Waals surface area contributed by atoms with E-state index in [9.17, 15) is 4.79 Å². The highest BCUT2D eigenvalue weighted by Gasteiger charge is 2.35. The maximum atomic E-state index is 13.0. The number of hydrogen-bond donors (Lipinski definition) is 0. The van der Waals surface area contributed by atoms with Crippen molar-refractivity contribution in [2.75, 3.05) is 64.4 Å². The number of likely N-dealkylation sites (tertiary alicyclic amines) is 2. The van der Waals surface area contributed by atoms with Gasteiger partial charge in [-0.1, -0.05) is 42.5 Å². The Morgan fingerprint density at radius 2 is 1.59 bits per heavy atom. The number of piperazine rings is 1. The Balaban J connectivity index is 1.22. The highest BCUT2D eigenvalue weighted by Crippen LogP contribution is 2.32. The molecule has 3 heterocycles. The van der Waals surface area contributed by atoms with Crippen LogP contribution in [-0.4, -0.2) is 86.1 Å². The van der Waals surface area contributed by atoms with Crippen molar-refractivity contribution < 1.29 is 9.53 Å². The number of rotatable bonds is 8. The maximum Gasteiger partial charge on any atom is 0.222 e. The van der Waals surface area contributed by atoms with Gasteiger partial charge < -0.3 is 14.5 Å². The predicted octanol–water partition coefficient (Wildman–Crippen LogP) is 4.50. The number of carbonyl (C=O) groups is 1. The van der Waals surface area contributed by atoms with Gasteiger partial charge in [0.05, 0.1) is 12.8 Å². The molecule has 200 valence electrons. The van der Waals surface area contributed by atoms with Crippen molar-refractivity contribution in [1.29, 1.82) is 0 Å². The molecule has 0 saturated carbocycles. The number of carbonyl (C=O) groups excluding carboxylic acids is 1. The van der Waals surface area contributed by atoms with Gasteiger partial charge in [0.1, 0.15) is 5.75 Å². The molecule has 1 amide bonds. The van der Waals surface area contributed by atoms with Gasteiger partial charge in [0, 0.05) is 64.8 Å². The van der Waals surface area contributed by atoms with Gasteiger partial charge >= 0.3 is 0 Å². The zero-order valence-corrected chi connectivity index (χ0v) is 22.6. The molecule has 6 heteroatoms. The largest absolute Gasteiger partial charge is 0.495 e. The van der Waals surface area contributed by atoms with Crippen molar-refractivity contribution in [1.82, 2.24) is 14.7 Å². The second-order valence-electron chi connectivity index (χ2n) is 11.0. The molecule has 0 aromatic heterocycles. The lowest BCUT2D eigenvalue weighted by atomic mass is 9.86. The van der Waals surface area contributed by atoms with Crippen LogP contribution in [0.1, 0.15) is 44.1 Å². The van der Waals surface area contributed by atoms with Crippen LogP contribution in [0.15, 0.2) is 54.6 Å². The van der Waals surface area contributed by atoms with E-state index >= 15 is 0 Å². The molecule has 3 saturated heterocycles. The van der Waals surface area contributed by atoms with Gasteiger partial charge in [-0.2, -0.15) is 0 Å². The van der Waals surface area contributed by atoms with Crippen molar-refractivity contribution in [3.05, 3.63) is 60.2 Å². The van der Waals surface area contributed by atoms with E-state index in [0.29, 0.717) is 24.3 Å². The first kappa shape index (κ1) is 26.1. The van der Waals surface area contributed by atoms with Gasteiger partial charge in [-0.3, -0.25) is 14.6 Å². The number of ether oxygens (including phenoxy) is 1. The number of hydrogen-bond acceptors (Lipinski definition) is 5. The molecule has 0 N–H and O–H groups in total.